The molecule has 0 radical (unpaired) electrons. The minimum Gasteiger partial charge on any atom is -0.450 e. The van der Waals surface area contributed by atoms with E-state index in [1.807, 2.05) is 44.2 Å². The maximum atomic E-state index is 10.7. The van der Waals surface area contributed by atoms with Crippen LogP contribution in [-0.4, -0.2) is 24.0 Å². The van der Waals surface area contributed by atoms with Crippen molar-refractivity contribution in [2.24, 2.45) is 0 Å². The molecular formula is C14H20O4. The molecule has 0 spiro atoms. The molecule has 18 heavy (non-hydrogen) atoms. The predicted molar refractivity (Wildman–Crippen MR) is 68.6 cm³/mol. The fourth-order valence-electron chi connectivity index (χ4n) is 1.78. The van der Waals surface area contributed by atoms with E-state index < -0.39 is 17.9 Å². The molecule has 1 aromatic carbocycles. The molecule has 1 aromatic rings. The van der Waals surface area contributed by atoms with Gasteiger partial charge in [0.15, 0.2) is 0 Å². The molecule has 0 saturated carbocycles. The van der Waals surface area contributed by atoms with Crippen molar-refractivity contribution in [1.82, 2.24) is 0 Å². The lowest BCUT2D eigenvalue weighted by atomic mass is 9.90. The second-order valence-corrected chi connectivity index (χ2v) is 4.35. The van der Waals surface area contributed by atoms with Crippen molar-refractivity contribution >= 4 is 6.16 Å². The standard InChI is InChI=1S/C14H20O4/c1-4-10-17-14(3,11(2)18-13(15)16)12-8-6-5-7-9-12/h5-9,11H,4,10H2,1-3H3,(H,15,16). The van der Waals surface area contributed by atoms with E-state index in [1.54, 1.807) is 6.92 Å². The molecule has 100 valence electrons. The summed E-state index contributed by atoms with van der Waals surface area (Å²) < 4.78 is 10.7. The third-order valence-corrected chi connectivity index (χ3v) is 3.01. The highest BCUT2D eigenvalue weighted by molar-refractivity contribution is 5.57. The van der Waals surface area contributed by atoms with E-state index in [0.29, 0.717) is 6.61 Å². The Bertz CT molecular complexity index is 377. The second-order valence-electron chi connectivity index (χ2n) is 4.35. The van der Waals surface area contributed by atoms with Gasteiger partial charge < -0.3 is 14.6 Å². The van der Waals surface area contributed by atoms with Crippen molar-refractivity contribution in [2.75, 3.05) is 6.61 Å². The molecule has 2 unspecified atom stereocenters. The van der Waals surface area contributed by atoms with Crippen LogP contribution in [0.1, 0.15) is 32.8 Å². The largest absolute Gasteiger partial charge is 0.506 e. The van der Waals surface area contributed by atoms with E-state index in [-0.39, 0.29) is 0 Å². The summed E-state index contributed by atoms with van der Waals surface area (Å²) in [6.07, 6.45) is -1.00. The van der Waals surface area contributed by atoms with Gasteiger partial charge in [-0.1, -0.05) is 37.3 Å². The summed E-state index contributed by atoms with van der Waals surface area (Å²) >= 11 is 0. The summed E-state index contributed by atoms with van der Waals surface area (Å²) in [5.74, 6) is 0. The second kappa shape index (κ2) is 6.40. The van der Waals surface area contributed by atoms with Crippen LogP contribution in [0, 0.1) is 0 Å². The number of benzene rings is 1. The molecule has 1 rings (SSSR count). The Labute approximate surface area is 108 Å². The molecule has 4 heteroatoms. The van der Waals surface area contributed by atoms with Crippen molar-refractivity contribution < 1.29 is 19.4 Å². The monoisotopic (exact) mass is 252 g/mol. The lowest BCUT2D eigenvalue weighted by molar-refractivity contribution is -0.120. The number of rotatable bonds is 6. The van der Waals surface area contributed by atoms with Crippen LogP contribution in [0.5, 0.6) is 0 Å². The Hall–Kier alpha value is -1.55. The molecule has 0 aliphatic heterocycles. The van der Waals surface area contributed by atoms with E-state index in [9.17, 15) is 4.79 Å². The topological polar surface area (TPSA) is 55.8 Å². The van der Waals surface area contributed by atoms with E-state index in [4.69, 9.17) is 14.6 Å². The van der Waals surface area contributed by atoms with Gasteiger partial charge >= 0.3 is 6.16 Å². The van der Waals surface area contributed by atoms with Gasteiger partial charge in [-0.2, -0.15) is 0 Å². The normalized spacial score (nSPS) is 15.7. The maximum Gasteiger partial charge on any atom is 0.506 e. The molecule has 1 N–H and O–H groups in total. The minimum atomic E-state index is -1.29. The lowest BCUT2D eigenvalue weighted by Crippen LogP contribution is -2.40. The van der Waals surface area contributed by atoms with Gasteiger partial charge in [0, 0.05) is 6.61 Å². The molecule has 0 aliphatic carbocycles. The van der Waals surface area contributed by atoms with Gasteiger partial charge in [-0.25, -0.2) is 4.79 Å². The van der Waals surface area contributed by atoms with Crippen molar-refractivity contribution in [1.29, 1.82) is 0 Å². The zero-order valence-corrected chi connectivity index (χ0v) is 11.1. The fraction of sp³-hybridized carbons (Fsp3) is 0.500. The summed E-state index contributed by atoms with van der Waals surface area (Å²) in [6, 6.07) is 9.54. The van der Waals surface area contributed by atoms with Crippen LogP contribution >= 0.6 is 0 Å². The molecule has 0 aromatic heterocycles. The summed E-state index contributed by atoms with van der Waals surface area (Å²) in [4.78, 5) is 10.7. The smallest absolute Gasteiger partial charge is 0.450 e. The van der Waals surface area contributed by atoms with Crippen molar-refractivity contribution in [2.45, 2.75) is 38.9 Å². The van der Waals surface area contributed by atoms with Gasteiger partial charge in [0.05, 0.1) is 0 Å². The quantitative estimate of drug-likeness (QED) is 0.788. The third kappa shape index (κ3) is 3.47. The Morgan fingerprint density at radius 2 is 2.00 bits per heavy atom. The van der Waals surface area contributed by atoms with Gasteiger partial charge in [0.2, 0.25) is 0 Å². The summed E-state index contributed by atoms with van der Waals surface area (Å²) in [5, 5.41) is 8.74. The van der Waals surface area contributed by atoms with Gasteiger partial charge in [0.25, 0.3) is 0 Å². The highest BCUT2D eigenvalue weighted by Crippen LogP contribution is 2.31. The Kier molecular flexibility index (Phi) is 5.16. The van der Waals surface area contributed by atoms with Crippen LogP contribution in [0.4, 0.5) is 4.79 Å². The fourth-order valence-corrected chi connectivity index (χ4v) is 1.78. The van der Waals surface area contributed by atoms with Gasteiger partial charge in [0.1, 0.15) is 11.7 Å². The van der Waals surface area contributed by atoms with Crippen molar-refractivity contribution in [3.8, 4) is 0 Å². The summed E-state index contributed by atoms with van der Waals surface area (Å²) in [7, 11) is 0. The molecule has 2 atom stereocenters. The zero-order valence-electron chi connectivity index (χ0n) is 11.1. The molecule has 0 amide bonds. The molecular weight excluding hydrogens is 232 g/mol. The molecule has 0 saturated heterocycles. The number of hydrogen-bond donors (Lipinski definition) is 1. The Morgan fingerprint density at radius 3 is 2.50 bits per heavy atom. The van der Waals surface area contributed by atoms with E-state index in [1.165, 1.54) is 0 Å². The number of ether oxygens (including phenoxy) is 2. The Balaban J connectivity index is 2.98. The molecule has 4 nitrogen and oxygen atoms in total. The predicted octanol–water partition coefficient (Wildman–Crippen LogP) is 3.41. The maximum absolute atomic E-state index is 10.7. The third-order valence-electron chi connectivity index (χ3n) is 3.01. The average molecular weight is 252 g/mol. The zero-order chi connectivity index (χ0) is 13.6. The first-order valence-electron chi connectivity index (χ1n) is 6.09. The highest BCUT2D eigenvalue weighted by Gasteiger charge is 2.36. The number of hydrogen-bond acceptors (Lipinski definition) is 3. The molecule has 0 bridgehead atoms. The lowest BCUT2D eigenvalue weighted by Gasteiger charge is -2.35. The SMILES string of the molecule is CCCOC(C)(c1ccccc1)C(C)OC(=O)O. The molecule has 0 heterocycles. The van der Waals surface area contributed by atoms with Crippen molar-refractivity contribution in [3.05, 3.63) is 35.9 Å². The van der Waals surface area contributed by atoms with Crippen LogP contribution in [0.3, 0.4) is 0 Å². The number of carboxylic acid groups (broad SMARTS) is 1. The molecule has 0 fully saturated rings. The van der Waals surface area contributed by atoms with Gasteiger partial charge in [-0.3, -0.25) is 0 Å². The Morgan fingerprint density at radius 1 is 1.39 bits per heavy atom. The first kappa shape index (κ1) is 14.5. The van der Waals surface area contributed by atoms with E-state index in [0.717, 1.165) is 12.0 Å². The van der Waals surface area contributed by atoms with E-state index >= 15 is 0 Å². The first-order chi connectivity index (χ1) is 8.50. The highest BCUT2D eigenvalue weighted by atomic mass is 16.7. The van der Waals surface area contributed by atoms with Crippen molar-refractivity contribution in [3.63, 3.8) is 0 Å². The van der Waals surface area contributed by atoms with E-state index in [2.05, 4.69) is 0 Å². The van der Waals surface area contributed by atoms with Crippen LogP contribution in [0.25, 0.3) is 0 Å². The summed E-state index contributed by atoms with van der Waals surface area (Å²) in [5.41, 5.74) is 0.141. The van der Waals surface area contributed by atoms with Crippen LogP contribution in [-0.2, 0) is 15.1 Å². The molecule has 0 aliphatic rings. The van der Waals surface area contributed by atoms with Crippen LogP contribution in [0.2, 0.25) is 0 Å². The average Bonchev–Trinajstić information content (AvgIpc) is 2.36. The van der Waals surface area contributed by atoms with Gasteiger partial charge in [-0.15, -0.1) is 0 Å². The minimum absolute atomic E-state index is 0.554. The van der Waals surface area contributed by atoms with Crippen LogP contribution < -0.4 is 0 Å². The summed E-state index contributed by atoms with van der Waals surface area (Å²) in [6.45, 7) is 6.12. The van der Waals surface area contributed by atoms with Crippen LogP contribution in [0.15, 0.2) is 30.3 Å². The first-order valence-corrected chi connectivity index (χ1v) is 6.09. The van der Waals surface area contributed by atoms with Gasteiger partial charge in [-0.05, 0) is 25.8 Å². The number of carbonyl (C=O) groups is 1.